The summed E-state index contributed by atoms with van der Waals surface area (Å²) in [4.78, 5) is 12.4. The number of nitrogens with one attached hydrogen (secondary N) is 1. The Morgan fingerprint density at radius 1 is 1.75 bits per heavy atom. The maximum Gasteiger partial charge on any atom is 0.325 e. The summed E-state index contributed by atoms with van der Waals surface area (Å²) in [5, 5.41) is 8.36. The molecule has 0 unspecified atom stereocenters. The van der Waals surface area contributed by atoms with Crippen LogP contribution >= 0.6 is 11.8 Å². The summed E-state index contributed by atoms with van der Waals surface area (Å²) in [6, 6.07) is 0. The standard InChI is InChI=1S/C4H6ClNO2/c5-6-4(1-2-4)3(7)8/h6H,1-2H2,(H,7,8). The summed E-state index contributed by atoms with van der Waals surface area (Å²) in [6.07, 6.45) is 1.29. The molecule has 0 amide bonds. The fraction of sp³-hybridized carbons (Fsp3) is 0.750. The minimum atomic E-state index is -0.854. The Morgan fingerprint density at radius 2 is 2.25 bits per heavy atom. The molecule has 1 rings (SSSR count). The number of hydrogen-bond donors (Lipinski definition) is 2. The van der Waals surface area contributed by atoms with E-state index in [0.717, 1.165) is 0 Å². The average molecular weight is 136 g/mol. The topological polar surface area (TPSA) is 49.3 Å². The van der Waals surface area contributed by atoms with E-state index in [-0.39, 0.29) is 0 Å². The highest BCUT2D eigenvalue weighted by Crippen LogP contribution is 2.35. The largest absolute Gasteiger partial charge is 0.480 e. The molecule has 0 radical (unpaired) electrons. The number of carboxylic acids is 1. The van der Waals surface area contributed by atoms with Crippen LogP contribution in [0.15, 0.2) is 0 Å². The molecule has 1 aliphatic carbocycles. The van der Waals surface area contributed by atoms with E-state index < -0.39 is 11.5 Å². The van der Waals surface area contributed by atoms with Gasteiger partial charge in [0, 0.05) is 0 Å². The van der Waals surface area contributed by atoms with Crippen LogP contribution in [0.5, 0.6) is 0 Å². The minimum Gasteiger partial charge on any atom is -0.480 e. The number of halogens is 1. The average Bonchev–Trinajstić information content (AvgIpc) is 2.44. The van der Waals surface area contributed by atoms with E-state index in [1.54, 1.807) is 0 Å². The zero-order valence-electron chi connectivity index (χ0n) is 4.15. The molecule has 1 saturated carbocycles. The first-order chi connectivity index (χ1) is 3.71. The van der Waals surface area contributed by atoms with Crippen molar-refractivity contribution >= 4 is 17.7 Å². The van der Waals surface area contributed by atoms with E-state index in [1.165, 1.54) is 0 Å². The first kappa shape index (κ1) is 5.85. The summed E-state index contributed by atoms with van der Waals surface area (Å²) in [6.45, 7) is 0. The van der Waals surface area contributed by atoms with Gasteiger partial charge in [0.05, 0.1) is 0 Å². The van der Waals surface area contributed by atoms with Crippen LogP contribution < -0.4 is 4.84 Å². The zero-order valence-corrected chi connectivity index (χ0v) is 4.90. The van der Waals surface area contributed by atoms with E-state index in [2.05, 4.69) is 4.84 Å². The molecule has 4 heteroatoms. The van der Waals surface area contributed by atoms with Crippen LogP contribution in [0.3, 0.4) is 0 Å². The van der Waals surface area contributed by atoms with Crippen molar-refractivity contribution in [1.82, 2.24) is 4.84 Å². The molecule has 0 aromatic heterocycles. The van der Waals surface area contributed by atoms with E-state index in [9.17, 15) is 4.79 Å². The van der Waals surface area contributed by atoms with Gasteiger partial charge in [-0.05, 0) is 24.6 Å². The Labute approximate surface area is 51.7 Å². The molecule has 0 bridgehead atoms. The highest BCUT2D eigenvalue weighted by molar-refractivity contribution is 6.16. The molecule has 0 aromatic carbocycles. The molecule has 0 atom stereocenters. The van der Waals surface area contributed by atoms with Crippen LogP contribution in [0.2, 0.25) is 0 Å². The van der Waals surface area contributed by atoms with Crippen molar-refractivity contribution in [3.8, 4) is 0 Å². The Balaban J connectivity index is 2.53. The van der Waals surface area contributed by atoms with Crippen molar-refractivity contribution in [2.24, 2.45) is 0 Å². The van der Waals surface area contributed by atoms with Gasteiger partial charge in [0.25, 0.3) is 0 Å². The summed E-state index contributed by atoms with van der Waals surface area (Å²) in [5.74, 6) is -0.854. The molecule has 0 heterocycles. The molecule has 0 saturated heterocycles. The van der Waals surface area contributed by atoms with Crippen LogP contribution in [0.25, 0.3) is 0 Å². The van der Waals surface area contributed by atoms with Crippen LogP contribution in [0.1, 0.15) is 12.8 Å². The second kappa shape index (κ2) is 1.60. The molecule has 2 N–H and O–H groups in total. The lowest BCUT2D eigenvalue weighted by molar-refractivity contribution is -0.140. The smallest absolute Gasteiger partial charge is 0.325 e. The van der Waals surface area contributed by atoms with Crippen LogP contribution in [0, 0.1) is 0 Å². The number of aliphatic carboxylic acids is 1. The fourth-order valence-electron chi connectivity index (χ4n) is 0.474. The van der Waals surface area contributed by atoms with Gasteiger partial charge >= 0.3 is 5.97 Å². The van der Waals surface area contributed by atoms with Gasteiger partial charge in [-0.3, -0.25) is 4.79 Å². The van der Waals surface area contributed by atoms with Crippen molar-refractivity contribution in [1.29, 1.82) is 0 Å². The maximum absolute atomic E-state index is 10.2. The second-order valence-electron chi connectivity index (χ2n) is 1.98. The molecule has 1 aliphatic rings. The molecule has 0 aromatic rings. The van der Waals surface area contributed by atoms with Gasteiger partial charge in [0.1, 0.15) is 5.54 Å². The van der Waals surface area contributed by atoms with Crippen molar-refractivity contribution in [3.05, 3.63) is 0 Å². The van der Waals surface area contributed by atoms with E-state index in [1.807, 2.05) is 0 Å². The number of carbonyl (C=O) groups is 1. The first-order valence-electron chi connectivity index (χ1n) is 2.32. The lowest BCUT2D eigenvalue weighted by Crippen LogP contribution is -2.32. The first-order valence-corrected chi connectivity index (χ1v) is 2.70. The molecule has 8 heavy (non-hydrogen) atoms. The predicted octanol–water partition coefficient (Wildman–Crippen LogP) is 0.347. The Morgan fingerprint density at radius 3 is 2.25 bits per heavy atom. The lowest BCUT2D eigenvalue weighted by atomic mass is 10.3. The Bertz CT molecular complexity index is 121. The van der Waals surface area contributed by atoms with Crippen LogP contribution in [-0.4, -0.2) is 16.6 Å². The van der Waals surface area contributed by atoms with Crippen LogP contribution in [-0.2, 0) is 4.79 Å². The van der Waals surface area contributed by atoms with Gasteiger partial charge in [-0.2, -0.15) is 0 Å². The number of carboxylic acid groups (broad SMARTS) is 1. The highest BCUT2D eigenvalue weighted by atomic mass is 35.5. The van der Waals surface area contributed by atoms with Gasteiger partial charge in [0.15, 0.2) is 0 Å². The molecular weight excluding hydrogens is 130 g/mol. The summed E-state index contributed by atoms with van der Waals surface area (Å²) in [7, 11) is 0. The lowest BCUT2D eigenvalue weighted by Gasteiger charge is -2.02. The fourth-order valence-corrected chi connectivity index (χ4v) is 0.744. The summed E-state index contributed by atoms with van der Waals surface area (Å²) >= 11 is 5.12. The second-order valence-corrected chi connectivity index (χ2v) is 2.17. The highest BCUT2D eigenvalue weighted by Gasteiger charge is 2.49. The van der Waals surface area contributed by atoms with E-state index >= 15 is 0 Å². The molecule has 3 nitrogen and oxygen atoms in total. The van der Waals surface area contributed by atoms with Gasteiger partial charge in [-0.1, -0.05) is 0 Å². The van der Waals surface area contributed by atoms with Crippen LogP contribution in [0.4, 0.5) is 0 Å². The quantitative estimate of drug-likeness (QED) is 0.537. The third kappa shape index (κ3) is 0.677. The maximum atomic E-state index is 10.2. The van der Waals surface area contributed by atoms with Crippen molar-refractivity contribution < 1.29 is 9.90 Å². The number of hydrogen-bond acceptors (Lipinski definition) is 2. The number of rotatable bonds is 2. The normalized spacial score (nSPS) is 22.6. The predicted molar refractivity (Wildman–Crippen MR) is 28.6 cm³/mol. The van der Waals surface area contributed by atoms with Crippen molar-refractivity contribution in [2.45, 2.75) is 18.4 Å². The van der Waals surface area contributed by atoms with E-state index in [4.69, 9.17) is 16.9 Å². The van der Waals surface area contributed by atoms with Gasteiger partial charge in [-0.15, -0.1) is 0 Å². The Kier molecular flexibility index (Phi) is 1.17. The zero-order chi connectivity index (χ0) is 6.20. The summed E-state index contributed by atoms with van der Waals surface area (Å²) < 4.78 is 0. The molecule has 0 aliphatic heterocycles. The van der Waals surface area contributed by atoms with Crippen molar-refractivity contribution in [2.75, 3.05) is 0 Å². The minimum absolute atomic E-state index is 0.645. The third-order valence-corrected chi connectivity index (χ3v) is 1.70. The van der Waals surface area contributed by atoms with Gasteiger partial charge in [-0.25, -0.2) is 4.84 Å². The SMILES string of the molecule is O=C(O)C1(NCl)CC1. The van der Waals surface area contributed by atoms with Crippen molar-refractivity contribution in [3.63, 3.8) is 0 Å². The van der Waals surface area contributed by atoms with E-state index in [0.29, 0.717) is 12.8 Å². The molecular formula is C4H6ClNO2. The Hall–Kier alpha value is -0.280. The molecule has 46 valence electrons. The monoisotopic (exact) mass is 135 g/mol. The molecule has 1 fully saturated rings. The molecule has 0 spiro atoms. The summed E-state index contributed by atoms with van der Waals surface area (Å²) in [5.41, 5.74) is -0.776. The van der Waals surface area contributed by atoms with Gasteiger partial charge in [0.2, 0.25) is 0 Å². The van der Waals surface area contributed by atoms with Gasteiger partial charge < -0.3 is 5.11 Å². The third-order valence-electron chi connectivity index (χ3n) is 1.34.